The number of carbonyl (C=O) groups is 1. The van der Waals surface area contributed by atoms with E-state index in [2.05, 4.69) is 10.4 Å². The van der Waals surface area contributed by atoms with Crippen molar-refractivity contribution < 1.29 is 13.2 Å². The van der Waals surface area contributed by atoms with Crippen molar-refractivity contribution in [3.8, 4) is 0 Å². The van der Waals surface area contributed by atoms with Gasteiger partial charge in [0.15, 0.2) is 9.84 Å². The summed E-state index contributed by atoms with van der Waals surface area (Å²) in [5.41, 5.74) is 2.25. The summed E-state index contributed by atoms with van der Waals surface area (Å²) in [6, 6.07) is 6.17. The standard InChI is InChI=1S/C17H20ClN3O3S/c1-11(13-5-7-14(8-6-13)25(4,23)24)19-16(22)10-9-15-12(2)20-21(3)17(15)18/h5-11H,1-4H3,(H,19,22)/b10-9+. The molecule has 1 aromatic carbocycles. The van der Waals surface area contributed by atoms with Crippen LogP contribution in [0.1, 0.15) is 29.8 Å². The molecule has 2 rings (SSSR count). The molecule has 0 radical (unpaired) electrons. The van der Waals surface area contributed by atoms with E-state index in [0.29, 0.717) is 10.7 Å². The van der Waals surface area contributed by atoms with E-state index in [1.165, 1.54) is 18.2 Å². The lowest BCUT2D eigenvalue weighted by atomic mass is 10.1. The molecule has 0 spiro atoms. The van der Waals surface area contributed by atoms with Crippen LogP contribution in [-0.4, -0.2) is 30.4 Å². The molecule has 1 unspecified atom stereocenters. The van der Waals surface area contributed by atoms with Gasteiger partial charge in [0.05, 0.1) is 16.6 Å². The first-order valence-electron chi connectivity index (χ1n) is 7.57. The van der Waals surface area contributed by atoms with E-state index in [1.54, 1.807) is 29.9 Å². The van der Waals surface area contributed by atoms with E-state index in [9.17, 15) is 13.2 Å². The molecule has 8 heteroatoms. The average Bonchev–Trinajstić information content (AvgIpc) is 2.77. The van der Waals surface area contributed by atoms with Crippen LogP contribution in [0.4, 0.5) is 0 Å². The monoisotopic (exact) mass is 381 g/mol. The summed E-state index contributed by atoms with van der Waals surface area (Å²) < 4.78 is 24.5. The van der Waals surface area contributed by atoms with Crippen LogP contribution in [-0.2, 0) is 21.7 Å². The molecule has 6 nitrogen and oxygen atoms in total. The third kappa shape index (κ3) is 4.70. The second-order valence-corrected chi connectivity index (χ2v) is 8.19. The molecule has 25 heavy (non-hydrogen) atoms. The molecule has 1 atom stereocenters. The van der Waals surface area contributed by atoms with E-state index < -0.39 is 9.84 Å². The van der Waals surface area contributed by atoms with E-state index >= 15 is 0 Å². The Morgan fingerprint density at radius 3 is 2.40 bits per heavy atom. The van der Waals surface area contributed by atoms with Crippen molar-refractivity contribution >= 4 is 33.4 Å². The van der Waals surface area contributed by atoms with E-state index in [-0.39, 0.29) is 16.8 Å². The molecule has 1 aromatic heterocycles. The van der Waals surface area contributed by atoms with Gasteiger partial charge in [-0.2, -0.15) is 5.10 Å². The highest BCUT2D eigenvalue weighted by atomic mass is 35.5. The number of rotatable bonds is 5. The van der Waals surface area contributed by atoms with Crippen LogP contribution in [0.5, 0.6) is 0 Å². The minimum absolute atomic E-state index is 0.247. The maximum absolute atomic E-state index is 12.1. The second kappa shape index (κ2) is 7.41. The molecule has 1 amide bonds. The third-order valence-electron chi connectivity index (χ3n) is 3.76. The highest BCUT2D eigenvalue weighted by Gasteiger charge is 2.12. The zero-order valence-electron chi connectivity index (χ0n) is 14.4. The predicted molar refractivity (Wildman–Crippen MR) is 98.1 cm³/mol. The lowest BCUT2D eigenvalue weighted by Gasteiger charge is -2.13. The number of nitrogens with zero attached hydrogens (tertiary/aromatic N) is 2. The number of aryl methyl sites for hydroxylation is 2. The van der Waals surface area contributed by atoms with Crippen molar-refractivity contribution in [2.75, 3.05) is 6.26 Å². The van der Waals surface area contributed by atoms with Crippen LogP contribution in [0.3, 0.4) is 0 Å². The minimum Gasteiger partial charge on any atom is -0.346 e. The fraction of sp³-hybridized carbons (Fsp3) is 0.294. The number of sulfone groups is 1. The zero-order chi connectivity index (χ0) is 18.8. The molecule has 134 valence electrons. The Bertz CT molecular complexity index is 915. The molecule has 1 N–H and O–H groups in total. The smallest absolute Gasteiger partial charge is 0.244 e. The van der Waals surface area contributed by atoms with Crippen LogP contribution in [0.2, 0.25) is 5.15 Å². The van der Waals surface area contributed by atoms with E-state index in [0.717, 1.165) is 17.5 Å². The number of hydrogen-bond donors (Lipinski definition) is 1. The molecule has 0 saturated carbocycles. The zero-order valence-corrected chi connectivity index (χ0v) is 16.0. The van der Waals surface area contributed by atoms with Gasteiger partial charge in [0, 0.05) is 24.9 Å². The lowest BCUT2D eigenvalue weighted by molar-refractivity contribution is -0.117. The van der Waals surface area contributed by atoms with E-state index in [4.69, 9.17) is 11.6 Å². The van der Waals surface area contributed by atoms with Crippen LogP contribution in [0.25, 0.3) is 6.08 Å². The fourth-order valence-corrected chi connectivity index (χ4v) is 3.21. The summed E-state index contributed by atoms with van der Waals surface area (Å²) in [4.78, 5) is 12.3. The summed E-state index contributed by atoms with van der Waals surface area (Å²) in [6.45, 7) is 3.64. The first-order chi connectivity index (χ1) is 11.6. The summed E-state index contributed by atoms with van der Waals surface area (Å²) in [5.74, 6) is -0.279. The first-order valence-corrected chi connectivity index (χ1v) is 9.84. The quantitative estimate of drug-likeness (QED) is 0.807. The van der Waals surface area contributed by atoms with Crippen LogP contribution in [0, 0.1) is 6.92 Å². The Morgan fingerprint density at radius 1 is 1.32 bits per heavy atom. The number of aromatic nitrogens is 2. The Morgan fingerprint density at radius 2 is 1.92 bits per heavy atom. The highest BCUT2D eigenvalue weighted by Crippen LogP contribution is 2.20. The second-order valence-electron chi connectivity index (χ2n) is 5.82. The topological polar surface area (TPSA) is 81.1 Å². The number of halogens is 1. The van der Waals surface area contributed by atoms with Crippen molar-refractivity contribution in [3.63, 3.8) is 0 Å². The number of hydrogen-bond acceptors (Lipinski definition) is 4. The summed E-state index contributed by atoms with van der Waals surface area (Å²) in [7, 11) is -1.50. The third-order valence-corrected chi connectivity index (χ3v) is 5.34. The molecule has 0 saturated heterocycles. The maximum Gasteiger partial charge on any atom is 0.244 e. The lowest BCUT2D eigenvalue weighted by Crippen LogP contribution is -2.24. The molecule has 2 aromatic rings. The minimum atomic E-state index is -3.23. The van der Waals surface area contributed by atoms with Gasteiger partial charge in [-0.25, -0.2) is 8.42 Å². The van der Waals surface area contributed by atoms with Crippen molar-refractivity contribution in [1.82, 2.24) is 15.1 Å². The SMILES string of the molecule is Cc1nn(C)c(Cl)c1/C=C/C(=O)NC(C)c1ccc(S(C)(=O)=O)cc1. The Hall–Kier alpha value is -2.12. The largest absolute Gasteiger partial charge is 0.346 e. The number of nitrogens with one attached hydrogen (secondary N) is 1. The van der Waals surface area contributed by atoms with Gasteiger partial charge >= 0.3 is 0 Å². The number of carbonyl (C=O) groups excluding carboxylic acids is 1. The molecule has 0 bridgehead atoms. The van der Waals surface area contributed by atoms with E-state index in [1.807, 2.05) is 13.8 Å². The van der Waals surface area contributed by atoms with Gasteiger partial charge in [-0.1, -0.05) is 23.7 Å². The maximum atomic E-state index is 12.1. The van der Waals surface area contributed by atoms with Gasteiger partial charge in [0.25, 0.3) is 0 Å². The van der Waals surface area contributed by atoms with Crippen LogP contribution >= 0.6 is 11.6 Å². The van der Waals surface area contributed by atoms with Gasteiger partial charge in [0.2, 0.25) is 5.91 Å². The molecular weight excluding hydrogens is 362 g/mol. The van der Waals surface area contributed by atoms with Crippen molar-refractivity contribution in [2.24, 2.45) is 7.05 Å². The number of amides is 1. The normalized spacial score (nSPS) is 13.2. The van der Waals surface area contributed by atoms with Gasteiger partial charge in [0.1, 0.15) is 5.15 Å². The van der Waals surface area contributed by atoms with Crippen molar-refractivity contribution in [2.45, 2.75) is 24.8 Å². The van der Waals surface area contributed by atoms with Gasteiger partial charge < -0.3 is 5.32 Å². The Balaban J connectivity index is 2.06. The summed E-state index contributed by atoms with van der Waals surface area (Å²) >= 11 is 6.12. The van der Waals surface area contributed by atoms with Gasteiger partial charge in [-0.05, 0) is 37.6 Å². The fourth-order valence-electron chi connectivity index (χ4n) is 2.34. The first kappa shape index (κ1) is 19.2. The summed E-state index contributed by atoms with van der Waals surface area (Å²) in [5, 5.41) is 7.47. The predicted octanol–water partition coefficient (Wildman–Crippen LogP) is 2.68. The van der Waals surface area contributed by atoms with Gasteiger partial charge in [-0.15, -0.1) is 0 Å². The van der Waals surface area contributed by atoms with Crippen LogP contribution in [0.15, 0.2) is 35.2 Å². The highest BCUT2D eigenvalue weighted by molar-refractivity contribution is 7.90. The van der Waals surface area contributed by atoms with Crippen LogP contribution < -0.4 is 5.32 Å². The average molecular weight is 382 g/mol. The Labute approximate surface area is 152 Å². The molecule has 0 fully saturated rings. The number of benzene rings is 1. The molecular formula is C17H20ClN3O3S. The Kier molecular flexibility index (Phi) is 5.69. The van der Waals surface area contributed by atoms with Gasteiger partial charge in [-0.3, -0.25) is 9.48 Å². The molecule has 1 heterocycles. The van der Waals surface area contributed by atoms with Crippen molar-refractivity contribution in [1.29, 1.82) is 0 Å². The molecule has 0 aliphatic heterocycles. The molecule has 0 aliphatic rings. The van der Waals surface area contributed by atoms with Crippen molar-refractivity contribution in [3.05, 3.63) is 52.3 Å². The summed E-state index contributed by atoms with van der Waals surface area (Å²) in [6.07, 6.45) is 4.18. The molecule has 0 aliphatic carbocycles.